The molecule has 0 aliphatic carbocycles. The Hall–Kier alpha value is -2.68. The normalized spacial score (nSPS) is 12.0. The number of hydrogen-bond donors (Lipinski definition) is 5. The molecule has 1 aromatic rings. The first-order chi connectivity index (χ1) is 11.3. The summed E-state index contributed by atoms with van der Waals surface area (Å²) in [5.74, 6) is -1.04. The molecule has 1 atom stereocenters. The highest BCUT2D eigenvalue weighted by Gasteiger charge is 2.25. The monoisotopic (exact) mass is 354 g/mol. The summed E-state index contributed by atoms with van der Waals surface area (Å²) in [4.78, 5) is 15.2. The van der Waals surface area contributed by atoms with Crippen molar-refractivity contribution in [3.63, 3.8) is 0 Å². The fourth-order valence-electron chi connectivity index (χ4n) is 1.81. The van der Waals surface area contributed by atoms with E-state index in [9.17, 15) is 13.2 Å². The molecular formula is C13H18N6O4S. The lowest BCUT2D eigenvalue weighted by Crippen LogP contribution is -2.45. The average Bonchev–Trinajstić information content (AvgIpc) is 2.56. The van der Waals surface area contributed by atoms with Crippen molar-refractivity contribution in [3.05, 3.63) is 29.8 Å². The molecule has 0 aliphatic heterocycles. The van der Waals surface area contributed by atoms with Gasteiger partial charge in [0.05, 0.1) is 16.5 Å². The topological polar surface area (TPSA) is 184 Å². The highest BCUT2D eigenvalue weighted by atomic mass is 32.2. The Balaban J connectivity index is 2.89. The van der Waals surface area contributed by atoms with Gasteiger partial charge < -0.3 is 11.5 Å². The average molecular weight is 354 g/mol. The largest absolute Gasteiger partial charge is 0.370 e. The first-order valence-electron chi connectivity index (χ1n) is 6.82. The number of nitriles is 1. The van der Waals surface area contributed by atoms with Crippen LogP contribution < -0.4 is 21.7 Å². The predicted octanol–water partition coefficient (Wildman–Crippen LogP) is -1.24. The lowest BCUT2D eigenvalue weighted by molar-refractivity contribution is -0.131. The number of nitrogens with one attached hydrogen (secondary N) is 2. The molecule has 0 aromatic heterocycles. The number of nitrogens with two attached hydrogens (primary N) is 2. The zero-order valence-corrected chi connectivity index (χ0v) is 13.5. The molecule has 10 nitrogen and oxygen atoms in total. The third-order valence-corrected chi connectivity index (χ3v) is 4.41. The quantitative estimate of drug-likeness (QED) is 0.127. The Kier molecular flexibility index (Phi) is 7.12. The molecule has 1 aromatic carbocycles. The molecule has 0 heterocycles. The third-order valence-electron chi connectivity index (χ3n) is 2.94. The van der Waals surface area contributed by atoms with Gasteiger partial charge in [-0.1, -0.05) is 6.07 Å². The van der Waals surface area contributed by atoms with Crippen LogP contribution >= 0.6 is 0 Å². The van der Waals surface area contributed by atoms with Gasteiger partial charge in [-0.3, -0.25) is 15.0 Å². The van der Waals surface area contributed by atoms with Gasteiger partial charge in [0, 0.05) is 6.54 Å². The number of aliphatic imine (C=N–C) groups is 1. The smallest absolute Gasteiger partial charge is 0.261 e. The minimum absolute atomic E-state index is 0.0559. The van der Waals surface area contributed by atoms with E-state index >= 15 is 0 Å². The van der Waals surface area contributed by atoms with Crippen LogP contribution in [0.15, 0.2) is 34.2 Å². The van der Waals surface area contributed by atoms with Crippen LogP contribution in [0, 0.1) is 11.3 Å². The van der Waals surface area contributed by atoms with Crippen LogP contribution in [-0.2, 0) is 14.8 Å². The van der Waals surface area contributed by atoms with Crippen LogP contribution in [0.3, 0.4) is 0 Å². The Bertz CT molecular complexity index is 752. The van der Waals surface area contributed by atoms with Crippen molar-refractivity contribution in [1.82, 2.24) is 10.2 Å². The van der Waals surface area contributed by atoms with E-state index in [4.69, 9.17) is 21.9 Å². The Morgan fingerprint density at radius 3 is 2.71 bits per heavy atom. The van der Waals surface area contributed by atoms with Gasteiger partial charge in [0.15, 0.2) is 5.96 Å². The van der Waals surface area contributed by atoms with Gasteiger partial charge in [0.2, 0.25) is 10.0 Å². The number of sulfonamides is 1. The number of guanidine groups is 1. The molecule has 11 heteroatoms. The van der Waals surface area contributed by atoms with Gasteiger partial charge in [-0.2, -0.15) is 9.98 Å². The fourth-order valence-corrected chi connectivity index (χ4v) is 3.09. The van der Waals surface area contributed by atoms with Crippen molar-refractivity contribution in [2.24, 2.45) is 16.5 Å². The van der Waals surface area contributed by atoms with E-state index in [0.29, 0.717) is 6.42 Å². The van der Waals surface area contributed by atoms with Gasteiger partial charge in [-0.05, 0) is 31.0 Å². The van der Waals surface area contributed by atoms with Crippen molar-refractivity contribution >= 4 is 21.9 Å². The number of hydroxylamine groups is 1. The minimum Gasteiger partial charge on any atom is -0.370 e. The molecular weight excluding hydrogens is 336 g/mol. The van der Waals surface area contributed by atoms with E-state index < -0.39 is 22.0 Å². The second-order valence-corrected chi connectivity index (χ2v) is 6.45. The zero-order chi connectivity index (χ0) is 18.2. The highest BCUT2D eigenvalue weighted by Crippen LogP contribution is 2.12. The number of carbonyl (C=O) groups excluding carboxylic acids is 1. The second-order valence-electron chi connectivity index (χ2n) is 4.74. The molecule has 1 unspecified atom stereocenters. The number of amides is 1. The van der Waals surface area contributed by atoms with E-state index in [-0.39, 0.29) is 29.4 Å². The minimum atomic E-state index is -4.06. The first-order valence-corrected chi connectivity index (χ1v) is 8.30. The van der Waals surface area contributed by atoms with Crippen molar-refractivity contribution in [2.75, 3.05) is 6.54 Å². The number of hydrogen-bond acceptors (Lipinski definition) is 6. The summed E-state index contributed by atoms with van der Waals surface area (Å²) < 4.78 is 26.8. The van der Waals surface area contributed by atoms with Crippen LogP contribution in [0.5, 0.6) is 0 Å². The van der Waals surface area contributed by atoms with Crippen LogP contribution in [0.25, 0.3) is 0 Å². The molecule has 1 amide bonds. The maximum Gasteiger partial charge on any atom is 0.261 e. The Morgan fingerprint density at radius 2 is 2.12 bits per heavy atom. The van der Waals surface area contributed by atoms with Gasteiger partial charge in [0.1, 0.15) is 6.04 Å². The molecule has 0 saturated carbocycles. The molecule has 0 spiro atoms. The van der Waals surface area contributed by atoms with Gasteiger partial charge in [0.25, 0.3) is 5.91 Å². The number of benzene rings is 1. The van der Waals surface area contributed by atoms with E-state index in [1.165, 1.54) is 29.7 Å². The van der Waals surface area contributed by atoms with Gasteiger partial charge >= 0.3 is 0 Å². The lowest BCUT2D eigenvalue weighted by atomic mass is 10.1. The summed E-state index contributed by atoms with van der Waals surface area (Å²) in [7, 11) is -4.06. The summed E-state index contributed by atoms with van der Waals surface area (Å²) in [5.41, 5.74) is 11.9. The Morgan fingerprint density at radius 1 is 1.42 bits per heavy atom. The number of nitrogens with zero attached hydrogens (tertiary/aromatic N) is 2. The van der Waals surface area contributed by atoms with E-state index in [2.05, 4.69) is 9.71 Å². The van der Waals surface area contributed by atoms with Crippen LogP contribution in [0.2, 0.25) is 0 Å². The molecule has 0 fully saturated rings. The number of carbonyl (C=O) groups is 1. The first kappa shape index (κ1) is 19.4. The molecule has 0 bridgehead atoms. The summed E-state index contributed by atoms with van der Waals surface area (Å²) in [6.07, 6.45) is 0.358. The second kappa shape index (κ2) is 8.82. The van der Waals surface area contributed by atoms with Crippen molar-refractivity contribution in [1.29, 1.82) is 5.26 Å². The molecule has 130 valence electrons. The molecule has 24 heavy (non-hydrogen) atoms. The molecule has 0 saturated heterocycles. The standard InChI is InChI=1S/C13H18N6O4S/c14-8-9-3-1-4-10(7-9)24(22,23)19-11(12(20)18-21)5-2-6-17-13(15)16/h1,3-4,7,11,19,21H,2,5-6H2,(H,18,20)(H4,15,16,17). The molecule has 0 radical (unpaired) electrons. The van der Waals surface area contributed by atoms with Crippen molar-refractivity contribution in [3.8, 4) is 6.07 Å². The van der Waals surface area contributed by atoms with Crippen molar-refractivity contribution in [2.45, 2.75) is 23.8 Å². The molecule has 7 N–H and O–H groups in total. The maximum absolute atomic E-state index is 12.3. The molecule has 0 aliphatic rings. The van der Waals surface area contributed by atoms with Crippen molar-refractivity contribution < 1.29 is 18.4 Å². The summed E-state index contributed by atoms with van der Waals surface area (Å²) in [5, 5.41) is 17.6. The summed E-state index contributed by atoms with van der Waals surface area (Å²) in [6.45, 7) is 0.198. The lowest BCUT2D eigenvalue weighted by Gasteiger charge is -2.16. The zero-order valence-electron chi connectivity index (χ0n) is 12.6. The Labute approximate surface area is 139 Å². The third kappa shape index (κ3) is 5.84. The SMILES string of the molecule is N#Cc1cccc(S(=O)(=O)NC(CCCN=C(N)N)C(=O)NO)c1. The van der Waals surface area contributed by atoms with Crippen LogP contribution in [0.4, 0.5) is 0 Å². The summed E-state index contributed by atoms with van der Waals surface area (Å²) in [6, 6.07) is 5.93. The predicted molar refractivity (Wildman–Crippen MR) is 85.1 cm³/mol. The van der Waals surface area contributed by atoms with Gasteiger partial charge in [-0.15, -0.1) is 0 Å². The van der Waals surface area contributed by atoms with E-state index in [1.807, 2.05) is 6.07 Å². The van der Waals surface area contributed by atoms with E-state index in [0.717, 1.165) is 0 Å². The van der Waals surface area contributed by atoms with E-state index in [1.54, 1.807) is 0 Å². The van der Waals surface area contributed by atoms with Crippen LogP contribution in [-0.4, -0.2) is 38.1 Å². The highest BCUT2D eigenvalue weighted by molar-refractivity contribution is 7.89. The summed E-state index contributed by atoms with van der Waals surface area (Å²) >= 11 is 0. The van der Waals surface area contributed by atoms with Gasteiger partial charge in [-0.25, -0.2) is 13.9 Å². The fraction of sp³-hybridized carbons (Fsp3) is 0.308. The number of rotatable bonds is 8. The maximum atomic E-state index is 12.3. The molecule has 1 rings (SSSR count). The van der Waals surface area contributed by atoms with Crippen LogP contribution in [0.1, 0.15) is 18.4 Å².